The molecule has 33 heavy (non-hydrogen) atoms. The molecule has 1 aliphatic rings. The molecule has 1 unspecified atom stereocenters. The molecule has 2 aromatic carbocycles. The minimum Gasteiger partial charge on any atom is -0.344 e. The summed E-state index contributed by atoms with van der Waals surface area (Å²) in [6.07, 6.45) is 3.59. The van der Waals surface area contributed by atoms with Gasteiger partial charge in [-0.05, 0) is 56.3 Å². The van der Waals surface area contributed by atoms with Gasteiger partial charge in [-0.25, -0.2) is 0 Å². The van der Waals surface area contributed by atoms with Crippen molar-refractivity contribution in [2.24, 2.45) is 0 Å². The van der Waals surface area contributed by atoms with E-state index in [-0.39, 0.29) is 11.9 Å². The molecular formula is C28H34N4O. The van der Waals surface area contributed by atoms with E-state index < -0.39 is 0 Å². The van der Waals surface area contributed by atoms with E-state index in [2.05, 4.69) is 70.9 Å². The van der Waals surface area contributed by atoms with Crippen LogP contribution >= 0.6 is 0 Å². The maximum atomic E-state index is 12.9. The number of benzene rings is 2. The lowest BCUT2D eigenvalue weighted by Gasteiger charge is -2.34. The largest absolute Gasteiger partial charge is 0.344 e. The molecule has 172 valence electrons. The van der Waals surface area contributed by atoms with E-state index >= 15 is 0 Å². The number of amides is 1. The average molecular weight is 443 g/mol. The van der Waals surface area contributed by atoms with Gasteiger partial charge in [0.15, 0.2) is 0 Å². The second kappa shape index (κ2) is 10.6. The molecule has 5 nitrogen and oxygen atoms in total. The fourth-order valence-corrected chi connectivity index (χ4v) is 4.52. The van der Waals surface area contributed by atoms with E-state index in [4.69, 9.17) is 0 Å². The van der Waals surface area contributed by atoms with Crippen LogP contribution in [0, 0.1) is 13.8 Å². The number of rotatable bonds is 7. The first-order chi connectivity index (χ1) is 16.0. The standard InChI is InChI=1S/C28H34N4O/c1-22-20-25(23(2)32(22)26-12-8-5-9-13-26)14-15-28(33)29-27(24-10-6-4-7-11-24)21-31-18-16-30(3)17-19-31/h4-15,20,27H,16-19,21H2,1-3H3,(H,29,33)/b15-14+. The number of aromatic nitrogens is 1. The molecule has 1 aliphatic heterocycles. The lowest BCUT2D eigenvalue weighted by molar-refractivity contribution is -0.117. The summed E-state index contributed by atoms with van der Waals surface area (Å²) in [7, 11) is 2.16. The predicted octanol–water partition coefficient (Wildman–Crippen LogP) is 4.21. The maximum Gasteiger partial charge on any atom is 0.244 e. The second-order valence-corrected chi connectivity index (χ2v) is 8.91. The molecule has 0 saturated carbocycles. The van der Waals surface area contributed by atoms with Crippen molar-refractivity contribution in [2.45, 2.75) is 19.9 Å². The van der Waals surface area contributed by atoms with Crippen molar-refractivity contribution in [2.75, 3.05) is 39.8 Å². The van der Waals surface area contributed by atoms with E-state index in [9.17, 15) is 4.79 Å². The van der Waals surface area contributed by atoms with Crippen LogP contribution in [0.2, 0.25) is 0 Å². The number of carbonyl (C=O) groups excluding carboxylic acids is 1. The van der Waals surface area contributed by atoms with Gasteiger partial charge in [-0.2, -0.15) is 0 Å². The van der Waals surface area contributed by atoms with Crippen molar-refractivity contribution < 1.29 is 4.79 Å². The summed E-state index contributed by atoms with van der Waals surface area (Å²) in [5.74, 6) is -0.0671. The van der Waals surface area contributed by atoms with Crippen molar-refractivity contribution in [3.8, 4) is 5.69 Å². The highest BCUT2D eigenvalue weighted by atomic mass is 16.1. The number of aryl methyl sites for hydroxylation is 1. The van der Waals surface area contributed by atoms with Gasteiger partial charge in [0, 0.05) is 55.9 Å². The van der Waals surface area contributed by atoms with Crippen molar-refractivity contribution >= 4 is 12.0 Å². The number of hydrogen-bond donors (Lipinski definition) is 1. The van der Waals surface area contributed by atoms with E-state index in [0.717, 1.165) is 60.9 Å². The number of nitrogens with one attached hydrogen (secondary N) is 1. The fraction of sp³-hybridized carbons (Fsp3) is 0.321. The molecule has 2 heterocycles. The van der Waals surface area contributed by atoms with Crippen molar-refractivity contribution in [1.82, 2.24) is 19.7 Å². The second-order valence-electron chi connectivity index (χ2n) is 8.91. The summed E-state index contributed by atoms with van der Waals surface area (Å²) in [5.41, 5.74) is 5.60. The van der Waals surface area contributed by atoms with Crippen molar-refractivity contribution in [3.63, 3.8) is 0 Å². The van der Waals surface area contributed by atoms with Crippen LogP contribution < -0.4 is 5.32 Å². The van der Waals surface area contributed by atoms with Crippen LogP contribution in [0.1, 0.15) is 28.6 Å². The van der Waals surface area contributed by atoms with Gasteiger partial charge in [0.25, 0.3) is 0 Å². The summed E-state index contributed by atoms with van der Waals surface area (Å²) in [6.45, 7) is 9.18. The molecule has 3 aromatic rings. The van der Waals surface area contributed by atoms with E-state index in [1.54, 1.807) is 6.08 Å². The Morgan fingerprint density at radius 1 is 0.970 bits per heavy atom. The monoisotopic (exact) mass is 442 g/mol. The Kier molecular flexibility index (Phi) is 7.43. The number of carbonyl (C=O) groups is 1. The Morgan fingerprint density at radius 2 is 1.61 bits per heavy atom. The van der Waals surface area contributed by atoms with Crippen LogP contribution in [0.15, 0.2) is 72.8 Å². The Balaban J connectivity index is 1.47. The number of likely N-dealkylation sites (N-methyl/N-ethyl adjacent to an activating group) is 1. The fourth-order valence-electron chi connectivity index (χ4n) is 4.52. The lowest BCUT2D eigenvalue weighted by Crippen LogP contribution is -2.47. The van der Waals surface area contributed by atoms with E-state index in [1.165, 1.54) is 0 Å². The Hall–Kier alpha value is -3.15. The molecule has 4 rings (SSSR count). The average Bonchev–Trinajstić information content (AvgIpc) is 3.12. The van der Waals surface area contributed by atoms with Gasteiger partial charge < -0.3 is 14.8 Å². The molecule has 1 aromatic heterocycles. The zero-order valence-electron chi connectivity index (χ0n) is 19.9. The first kappa shape index (κ1) is 23.0. The van der Waals surface area contributed by atoms with Gasteiger partial charge in [0.1, 0.15) is 0 Å². The van der Waals surface area contributed by atoms with Gasteiger partial charge in [0.2, 0.25) is 5.91 Å². The third-order valence-electron chi connectivity index (χ3n) is 6.45. The molecule has 0 spiro atoms. The zero-order valence-corrected chi connectivity index (χ0v) is 19.9. The first-order valence-corrected chi connectivity index (χ1v) is 11.7. The van der Waals surface area contributed by atoms with Gasteiger partial charge in [-0.3, -0.25) is 9.69 Å². The number of para-hydroxylation sites is 1. The third kappa shape index (κ3) is 5.81. The summed E-state index contributed by atoms with van der Waals surface area (Å²) in [5, 5.41) is 3.25. The Bertz CT molecular complexity index is 1080. The lowest BCUT2D eigenvalue weighted by atomic mass is 10.1. The van der Waals surface area contributed by atoms with Gasteiger partial charge in [-0.1, -0.05) is 48.5 Å². The molecule has 0 bridgehead atoms. The normalized spacial score (nSPS) is 16.2. The summed E-state index contributed by atoms with van der Waals surface area (Å²) < 4.78 is 2.22. The molecule has 0 radical (unpaired) electrons. The molecule has 1 N–H and O–H groups in total. The molecule has 1 saturated heterocycles. The number of nitrogens with zero attached hydrogens (tertiary/aromatic N) is 3. The van der Waals surface area contributed by atoms with Gasteiger partial charge in [-0.15, -0.1) is 0 Å². The Labute approximate surface area is 197 Å². The van der Waals surface area contributed by atoms with Crippen LogP contribution in [0.3, 0.4) is 0 Å². The highest BCUT2D eigenvalue weighted by Crippen LogP contribution is 2.22. The third-order valence-corrected chi connectivity index (χ3v) is 6.45. The van der Waals surface area contributed by atoms with Gasteiger partial charge in [0.05, 0.1) is 6.04 Å². The van der Waals surface area contributed by atoms with Crippen LogP contribution in [0.4, 0.5) is 0 Å². The zero-order chi connectivity index (χ0) is 23.2. The summed E-state index contributed by atoms with van der Waals surface area (Å²) in [6, 6.07) is 22.7. The maximum absolute atomic E-state index is 12.9. The van der Waals surface area contributed by atoms with Gasteiger partial charge >= 0.3 is 0 Å². The summed E-state index contributed by atoms with van der Waals surface area (Å²) >= 11 is 0. The van der Waals surface area contributed by atoms with E-state index in [1.807, 2.05) is 42.5 Å². The first-order valence-electron chi connectivity index (χ1n) is 11.7. The van der Waals surface area contributed by atoms with Crippen molar-refractivity contribution in [3.05, 3.63) is 95.3 Å². The smallest absolute Gasteiger partial charge is 0.244 e. The molecule has 1 atom stereocenters. The molecule has 1 amide bonds. The topological polar surface area (TPSA) is 40.5 Å². The SMILES string of the molecule is Cc1cc(/C=C/C(=O)NC(CN2CCN(C)CC2)c2ccccc2)c(C)n1-c1ccccc1. The minimum absolute atomic E-state index is 0.0384. The van der Waals surface area contributed by atoms with Crippen LogP contribution in [-0.4, -0.2) is 60.0 Å². The van der Waals surface area contributed by atoms with E-state index in [0.29, 0.717) is 0 Å². The number of hydrogen-bond acceptors (Lipinski definition) is 3. The number of piperazine rings is 1. The summed E-state index contributed by atoms with van der Waals surface area (Å²) in [4.78, 5) is 17.7. The van der Waals surface area contributed by atoms with Crippen LogP contribution in [0.25, 0.3) is 11.8 Å². The van der Waals surface area contributed by atoms with Crippen molar-refractivity contribution in [1.29, 1.82) is 0 Å². The molecule has 1 fully saturated rings. The Morgan fingerprint density at radius 3 is 2.27 bits per heavy atom. The molecule has 5 heteroatoms. The molecule has 0 aliphatic carbocycles. The highest BCUT2D eigenvalue weighted by molar-refractivity contribution is 5.92. The van der Waals surface area contributed by atoms with Crippen LogP contribution in [-0.2, 0) is 4.79 Å². The quantitative estimate of drug-likeness (QED) is 0.557. The highest BCUT2D eigenvalue weighted by Gasteiger charge is 2.20. The molecular weight excluding hydrogens is 408 g/mol. The predicted molar refractivity (Wildman–Crippen MR) is 136 cm³/mol. The minimum atomic E-state index is -0.0671. The van der Waals surface area contributed by atoms with Crippen LogP contribution in [0.5, 0.6) is 0 Å².